The van der Waals surface area contributed by atoms with E-state index in [1.165, 1.54) is 21.9 Å². The van der Waals surface area contributed by atoms with Crippen molar-refractivity contribution in [3.8, 4) is 11.3 Å². The lowest BCUT2D eigenvalue weighted by atomic mass is 10.1. The van der Waals surface area contributed by atoms with Gasteiger partial charge in [-0.2, -0.15) is 0 Å². The van der Waals surface area contributed by atoms with Crippen molar-refractivity contribution in [2.45, 2.75) is 6.54 Å². The molecule has 156 valence electrons. The summed E-state index contributed by atoms with van der Waals surface area (Å²) in [7, 11) is 0. The van der Waals surface area contributed by atoms with Crippen LogP contribution in [-0.4, -0.2) is 15.3 Å². The minimum atomic E-state index is -0.378. The van der Waals surface area contributed by atoms with E-state index in [1.807, 2.05) is 96.4 Å². The van der Waals surface area contributed by atoms with E-state index in [9.17, 15) is 9.59 Å². The van der Waals surface area contributed by atoms with Crippen molar-refractivity contribution >= 4 is 27.9 Å². The molecule has 0 saturated heterocycles. The molecule has 3 aromatic carbocycles. The Balaban J connectivity index is 1.62. The molecule has 32 heavy (non-hydrogen) atoms. The molecule has 5 rings (SSSR count). The molecule has 5 aromatic rings. The summed E-state index contributed by atoms with van der Waals surface area (Å²) in [6, 6.07) is 28.8. The Labute approximate surface area is 188 Å². The van der Waals surface area contributed by atoms with Gasteiger partial charge in [0.15, 0.2) is 4.96 Å². The van der Waals surface area contributed by atoms with E-state index < -0.39 is 0 Å². The van der Waals surface area contributed by atoms with E-state index in [0.717, 1.165) is 22.5 Å². The number of anilines is 1. The van der Waals surface area contributed by atoms with Gasteiger partial charge in [-0.25, -0.2) is 4.98 Å². The van der Waals surface area contributed by atoms with Crippen LogP contribution in [0, 0.1) is 0 Å². The third-order valence-electron chi connectivity index (χ3n) is 5.24. The Hall–Kier alpha value is -4.03. The quantitative estimate of drug-likeness (QED) is 0.376. The topological polar surface area (TPSA) is 54.7 Å². The largest absolute Gasteiger partial charge is 0.304 e. The summed E-state index contributed by atoms with van der Waals surface area (Å²) in [6.07, 6.45) is 1.40. The molecule has 0 atom stereocenters. The molecular formula is C26H19N3O2S. The van der Waals surface area contributed by atoms with E-state index in [1.54, 1.807) is 4.90 Å². The van der Waals surface area contributed by atoms with Crippen LogP contribution >= 0.6 is 11.3 Å². The second kappa shape index (κ2) is 8.61. The summed E-state index contributed by atoms with van der Waals surface area (Å²) in [5.41, 5.74) is 2.99. The van der Waals surface area contributed by atoms with Gasteiger partial charge in [0.1, 0.15) is 5.56 Å². The standard InChI is InChI=1S/C26H19N3O2S/c30-24(28(21-14-8-3-9-15-21)17-19-10-4-1-5-11-19)22-16-27-26-29(25(22)31)23(18-32-26)20-12-6-2-7-13-20/h1-16,18H,17H2. The van der Waals surface area contributed by atoms with Crippen molar-refractivity contribution in [2.75, 3.05) is 4.90 Å². The van der Waals surface area contributed by atoms with Gasteiger partial charge in [0.25, 0.3) is 11.5 Å². The number of hydrogen-bond acceptors (Lipinski definition) is 4. The molecule has 0 aliphatic rings. The van der Waals surface area contributed by atoms with Crippen LogP contribution in [0.25, 0.3) is 16.2 Å². The molecule has 0 spiro atoms. The zero-order valence-electron chi connectivity index (χ0n) is 17.1. The Bertz CT molecular complexity index is 1430. The first-order chi connectivity index (χ1) is 15.7. The lowest BCUT2D eigenvalue weighted by Gasteiger charge is -2.23. The zero-order valence-corrected chi connectivity index (χ0v) is 17.9. The third kappa shape index (κ3) is 3.72. The molecule has 0 aliphatic carbocycles. The number of para-hydroxylation sites is 1. The van der Waals surface area contributed by atoms with Crippen molar-refractivity contribution in [1.29, 1.82) is 0 Å². The van der Waals surface area contributed by atoms with Crippen LogP contribution in [0.1, 0.15) is 15.9 Å². The van der Waals surface area contributed by atoms with Gasteiger partial charge in [-0.05, 0) is 23.3 Å². The van der Waals surface area contributed by atoms with Gasteiger partial charge in [-0.15, -0.1) is 11.3 Å². The number of rotatable bonds is 5. The van der Waals surface area contributed by atoms with Crippen LogP contribution in [0.15, 0.2) is 107 Å². The van der Waals surface area contributed by atoms with Gasteiger partial charge in [-0.3, -0.25) is 14.0 Å². The van der Waals surface area contributed by atoms with E-state index >= 15 is 0 Å². The number of nitrogens with zero attached hydrogens (tertiary/aromatic N) is 3. The predicted octanol–water partition coefficient (Wildman–Crippen LogP) is 5.27. The summed E-state index contributed by atoms with van der Waals surface area (Å²) >= 11 is 1.38. The number of aromatic nitrogens is 2. The highest BCUT2D eigenvalue weighted by atomic mass is 32.1. The second-order valence-corrected chi connectivity index (χ2v) is 8.13. The first-order valence-electron chi connectivity index (χ1n) is 10.2. The molecule has 0 bridgehead atoms. The summed E-state index contributed by atoms with van der Waals surface area (Å²) < 4.78 is 1.53. The first-order valence-corrected chi connectivity index (χ1v) is 11.1. The SMILES string of the molecule is O=C(c1cnc2scc(-c3ccccc3)n2c1=O)N(Cc1ccccc1)c1ccccc1. The lowest BCUT2D eigenvalue weighted by Crippen LogP contribution is -2.35. The lowest BCUT2D eigenvalue weighted by molar-refractivity contribution is 0.0983. The highest BCUT2D eigenvalue weighted by molar-refractivity contribution is 7.15. The molecule has 5 nitrogen and oxygen atoms in total. The molecule has 0 unspecified atom stereocenters. The molecule has 0 N–H and O–H groups in total. The number of thiazole rings is 1. The highest BCUT2D eigenvalue weighted by Gasteiger charge is 2.23. The predicted molar refractivity (Wildman–Crippen MR) is 128 cm³/mol. The maximum Gasteiger partial charge on any atom is 0.271 e. The van der Waals surface area contributed by atoms with Crippen LogP contribution in [0.5, 0.6) is 0 Å². The molecule has 6 heteroatoms. The number of fused-ring (bicyclic) bond motifs is 1. The van der Waals surface area contributed by atoms with Crippen LogP contribution in [0.3, 0.4) is 0 Å². The third-order valence-corrected chi connectivity index (χ3v) is 6.08. The van der Waals surface area contributed by atoms with Gasteiger partial charge >= 0.3 is 0 Å². The molecule has 2 aromatic heterocycles. The van der Waals surface area contributed by atoms with Crippen molar-refractivity contribution < 1.29 is 4.79 Å². The Kier molecular flexibility index (Phi) is 5.35. The fourth-order valence-corrected chi connectivity index (χ4v) is 4.51. The fraction of sp³-hybridized carbons (Fsp3) is 0.0385. The smallest absolute Gasteiger partial charge is 0.271 e. The number of amides is 1. The molecular weight excluding hydrogens is 418 g/mol. The minimum absolute atomic E-state index is 0.0397. The molecule has 1 amide bonds. The van der Waals surface area contributed by atoms with Crippen molar-refractivity contribution in [1.82, 2.24) is 9.38 Å². The van der Waals surface area contributed by atoms with E-state index in [-0.39, 0.29) is 17.0 Å². The van der Waals surface area contributed by atoms with Crippen molar-refractivity contribution in [3.63, 3.8) is 0 Å². The summed E-state index contributed by atoms with van der Waals surface area (Å²) in [5.74, 6) is -0.378. The van der Waals surface area contributed by atoms with Crippen LogP contribution in [-0.2, 0) is 6.54 Å². The number of benzene rings is 3. The first kappa shape index (κ1) is 19.9. The maximum absolute atomic E-state index is 13.7. The van der Waals surface area contributed by atoms with Gasteiger partial charge in [0.2, 0.25) is 0 Å². The van der Waals surface area contributed by atoms with E-state index in [4.69, 9.17) is 0 Å². The molecule has 0 fully saturated rings. The second-order valence-electron chi connectivity index (χ2n) is 7.29. The van der Waals surface area contributed by atoms with E-state index in [0.29, 0.717) is 11.5 Å². The molecule has 0 radical (unpaired) electrons. The highest BCUT2D eigenvalue weighted by Crippen LogP contribution is 2.24. The molecule has 2 heterocycles. The number of hydrogen-bond donors (Lipinski definition) is 0. The summed E-state index contributed by atoms with van der Waals surface area (Å²) in [5, 5.41) is 1.90. The van der Waals surface area contributed by atoms with Crippen molar-refractivity contribution in [3.05, 3.63) is 124 Å². The van der Waals surface area contributed by atoms with Gasteiger partial charge in [0.05, 0.1) is 12.2 Å². The summed E-state index contributed by atoms with van der Waals surface area (Å²) in [6.45, 7) is 0.348. The van der Waals surface area contributed by atoms with Gasteiger partial charge in [0, 0.05) is 17.3 Å². The van der Waals surface area contributed by atoms with Gasteiger partial charge in [-0.1, -0.05) is 78.9 Å². The fourth-order valence-electron chi connectivity index (χ4n) is 3.65. The Morgan fingerprint density at radius 2 is 1.50 bits per heavy atom. The summed E-state index contributed by atoms with van der Waals surface area (Å²) in [4.78, 5) is 33.8. The van der Waals surface area contributed by atoms with Crippen LogP contribution in [0.2, 0.25) is 0 Å². The van der Waals surface area contributed by atoms with E-state index in [2.05, 4.69) is 4.98 Å². The van der Waals surface area contributed by atoms with Crippen LogP contribution in [0.4, 0.5) is 5.69 Å². The average molecular weight is 438 g/mol. The maximum atomic E-state index is 13.7. The zero-order chi connectivity index (χ0) is 21.9. The molecule has 0 aliphatic heterocycles. The normalized spacial score (nSPS) is 10.9. The average Bonchev–Trinajstić information content (AvgIpc) is 3.29. The monoisotopic (exact) mass is 437 g/mol. The van der Waals surface area contributed by atoms with Crippen LogP contribution < -0.4 is 10.5 Å². The molecule has 0 saturated carbocycles. The Morgan fingerprint density at radius 3 is 2.19 bits per heavy atom. The number of carbonyl (C=O) groups is 1. The Morgan fingerprint density at radius 1 is 0.875 bits per heavy atom. The minimum Gasteiger partial charge on any atom is -0.304 e. The van der Waals surface area contributed by atoms with Gasteiger partial charge < -0.3 is 4.90 Å². The number of carbonyl (C=O) groups excluding carboxylic acids is 1. The van der Waals surface area contributed by atoms with Crippen molar-refractivity contribution in [2.24, 2.45) is 0 Å².